The molecule has 2 heterocycles. The van der Waals surface area contributed by atoms with Crippen LogP contribution in [0.1, 0.15) is 30.4 Å². The van der Waals surface area contributed by atoms with Gasteiger partial charge in [-0.15, -0.1) is 0 Å². The van der Waals surface area contributed by atoms with Crippen LogP contribution in [0.5, 0.6) is 0 Å². The Balaban J connectivity index is 1.91. The predicted octanol–water partition coefficient (Wildman–Crippen LogP) is 5.86. The van der Waals surface area contributed by atoms with Gasteiger partial charge in [-0.1, -0.05) is 66.5 Å². The molecule has 0 bridgehead atoms. The average molecular weight is 452 g/mol. The molecule has 0 saturated carbocycles. The highest BCUT2D eigenvalue weighted by molar-refractivity contribution is 6.32. The van der Waals surface area contributed by atoms with Gasteiger partial charge in [-0.05, 0) is 47.9 Å². The van der Waals surface area contributed by atoms with E-state index in [4.69, 9.17) is 33.7 Å². The molecule has 0 radical (unpaired) electrons. The minimum Gasteiger partial charge on any atom is -0.440 e. The first-order valence-electron chi connectivity index (χ1n) is 10.3. The zero-order chi connectivity index (χ0) is 22.0. The number of rotatable bonds is 4. The molecule has 0 spiro atoms. The molecule has 4 rings (SSSR count). The molecule has 2 aromatic carbocycles. The van der Waals surface area contributed by atoms with Gasteiger partial charge in [0.15, 0.2) is 0 Å². The van der Waals surface area contributed by atoms with E-state index in [0.29, 0.717) is 34.5 Å². The molecule has 0 aromatic heterocycles. The number of allylic oxidation sites excluding steroid dienone is 1. The van der Waals surface area contributed by atoms with Gasteiger partial charge in [-0.2, -0.15) is 5.26 Å². The Labute approximate surface area is 192 Å². The average Bonchev–Trinajstić information content (AvgIpc) is 2.76. The Hall–Kier alpha value is -2.71. The number of halogens is 2. The van der Waals surface area contributed by atoms with Crippen LogP contribution < -0.4 is 5.73 Å². The summed E-state index contributed by atoms with van der Waals surface area (Å²) in [5.41, 5.74) is 10.4. The van der Waals surface area contributed by atoms with Crippen molar-refractivity contribution in [2.45, 2.75) is 19.3 Å². The van der Waals surface area contributed by atoms with Crippen molar-refractivity contribution in [1.29, 1.82) is 5.26 Å². The van der Waals surface area contributed by atoms with Gasteiger partial charge >= 0.3 is 0 Å². The first kappa shape index (κ1) is 21.5. The van der Waals surface area contributed by atoms with Gasteiger partial charge < -0.3 is 10.5 Å². The summed E-state index contributed by atoms with van der Waals surface area (Å²) in [5.74, 6) is 0.491. The highest BCUT2D eigenvalue weighted by Crippen LogP contribution is 2.45. The van der Waals surface area contributed by atoms with Crippen molar-refractivity contribution in [3.8, 4) is 6.07 Å². The molecule has 2 N–H and O–H groups in total. The van der Waals surface area contributed by atoms with E-state index in [9.17, 15) is 5.26 Å². The molecule has 1 atom stereocenters. The molecule has 158 valence electrons. The van der Waals surface area contributed by atoms with E-state index in [1.165, 1.54) is 0 Å². The zero-order valence-electron chi connectivity index (χ0n) is 17.2. The molecule has 2 aliphatic heterocycles. The van der Waals surface area contributed by atoms with Crippen molar-refractivity contribution in [1.82, 2.24) is 4.90 Å². The minimum absolute atomic E-state index is 0.125. The minimum atomic E-state index is -0.350. The number of hydrogen-bond donors (Lipinski definition) is 1. The van der Waals surface area contributed by atoms with E-state index in [2.05, 4.69) is 17.9 Å². The van der Waals surface area contributed by atoms with Crippen LogP contribution in [0.3, 0.4) is 0 Å². The van der Waals surface area contributed by atoms with Crippen molar-refractivity contribution in [2.24, 2.45) is 5.73 Å². The van der Waals surface area contributed by atoms with Gasteiger partial charge in [-0.25, -0.2) is 0 Å². The molecule has 2 aromatic rings. The summed E-state index contributed by atoms with van der Waals surface area (Å²) in [5, 5.41) is 11.2. The molecule has 0 aliphatic carbocycles. The summed E-state index contributed by atoms with van der Waals surface area (Å²) in [4.78, 5) is 2.35. The SMILES string of the molecule is CCCN1CC(=Cc2ccccc2Cl)C2=C(C1)C(c1ccccc1Cl)C(C#N)=C(N)O2. The van der Waals surface area contributed by atoms with Gasteiger partial charge in [0, 0.05) is 28.7 Å². The van der Waals surface area contributed by atoms with Crippen LogP contribution in [0.4, 0.5) is 0 Å². The van der Waals surface area contributed by atoms with E-state index in [0.717, 1.165) is 35.2 Å². The highest BCUT2D eigenvalue weighted by Gasteiger charge is 2.38. The summed E-state index contributed by atoms with van der Waals surface area (Å²) in [6.45, 7) is 4.47. The highest BCUT2D eigenvalue weighted by atomic mass is 35.5. The first-order valence-corrected chi connectivity index (χ1v) is 11.0. The standard InChI is InChI=1S/C25H23Cl2N3O/c1-2-11-30-14-17(12-16-7-3-5-9-21(16)26)24-20(15-30)23(19(13-28)25(29)31-24)18-8-4-6-10-22(18)27/h3-10,12,23H,2,11,14-15,29H2,1H3. The summed E-state index contributed by atoms with van der Waals surface area (Å²) >= 11 is 13.0. The maximum atomic E-state index is 9.90. The molecule has 2 aliphatic rings. The van der Waals surface area contributed by atoms with Gasteiger partial charge in [0.25, 0.3) is 0 Å². The van der Waals surface area contributed by atoms with Crippen molar-refractivity contribution in [3.63, 3.8) is 0 Å². The zero-order valence-corrected chi connectivity index (χ0v) is 18.7. The normalized spacial score (nSPS) is 20.5. The molecule has 4 nitrogen and oxygen atoms in total. The van der Waals surface area contributed by atoms with E-state index in [1.54, 1.807) is 0 Å². The second-order valence-corrected chi connectivity index (χ2v) is 8.52. The topological polar surface area (TPSA) is 62.3 Å². The van der Waals surface area contributed by atoms with Gasteiger partial charge in [0.2, 0.25) is 5.88 Å². The maximum absolute atomic E-state index is 9.90. The number of nitrogens with two attached hydrogens (primary N) is 1. The Bertz CT molecular complexity index is 1140. The number of benzene rings is 2. The van der Waals surface area contributed by atoms with Crippen LogP contribution in [0.2, 0.25) is 10.0 Å². The fourth-order valence-corrected chi connectivity index (χ4v) is 4.70. The van der Waals surface area contributed by atoms with Gasteiger partial charge in [0.1, 0.15) is 17.4 Å². The second kappa shape index (κ2) is 9.20. The van der Waals surface area contributed by atoms with Crippen LogP contribution in [0.25, 0.3) is 6.08 Å². The lowest BCUT2D eigenvalue weighted by Crippen LogP contribution is -2.38. The monoisotopic (exact) mass is 451 g/mol. The molecular formula is C25H23Cl2N3O. The number of ether oxygens (including phenoxy) is 1. The molecule has 1 unspecified atom stereocenters. The van der Waals surface area contributed by atoms with E-state index >= 15 is 0 Å². The van der Waals surface area contributed by atoms with Crippen molar-refractivity contribution in [2.75, 3.05) is 19.6 Å². The third kappa shape index (κ3) is 4.22. The Morgan fingerprint density at radius 2 is 1.84 bits per heavy atom. The number of nitrogens with zero attached hydrogens (tertiary/aromatic N) is 2. The lowest BCUT2D eigenvalue weighted by atomic mass is 9.80. The van der Waals surface area contributed by atoms with Crippen molar-refractivity contribution >= 4 is 29.3 Å². The summed E-state index contributed by atoms with van der Waals surface area (Å²) < 4.78 is 6.07. The number of nitriles is 1. The first-order chi connectivity index (χ1) is 15.0. The van der Waals surface area contributed by atoms with E-state index in [-0.39, 0.29) is 11.8 Å². The molecule has 6 heteroatoms. The lowest BCUT2D eigenvalue weighted by molar-refractivity contribution is 0.234. The van der Waals surface area contributed by atoms with Crippen LogP contribution in [0, 0.1) is 11.3 Å². The summed E-state index contributed by atoms with van der Waals surface area (Å²) in [6.07, 6.45) is 3.07. The fourth-order valence-electron chi connectivity index (χ4n) is 4.26. The third-order valence-electron chi connectivity index (χ3n) is 5.60. The van der Waals surface area contributed by atoms with Crippen molar-refractivity contribution < 1.29 is 4.74 Å². The fraction of sp³-hybridized carbons (Fsp3) is 0.240. The van der Waals surface area contributed by atoms with Gasteiger partial charge in [0.05, 0.1) is 5.92 Å². The summed E-state index contributed by atoms with van der Waals surface area (Å²) in [6, 6.07) is 17.6. The van der Waals surface area contributed by atoms with E-state index in [1.807, 2.05) is 54.6 Å². The molecule has 0 amide bonds. The molecule has 31 heavy (non-hydrogen) atoms. The predicted molar refractivity (Wildman–Crippen MR) is 125 cm³/mol. The molecule has 0 fully saturated rings. The second-order valence-electron chi connectivity index (χ2n) is 7.70. The Morgan fingerprint density at radius 1 is 1.13 bits per heavy atom. The Morgan fingerprint density at radius 3 is 2.52 bits per heavy atom. The molecular weight excluding hydrogens is 429 g/mol. The van der Waals surface area contributed by atoms with Crippen LogP contribution in [-0.4, -0.2) is 24.5 Å². The van der Waals surface area contributed by atoms with E-state index < -0.39 is 0 Å². The summed E-state index contributed by atoms with van der Waals surface area (Å²) in [7, 11) is 0. The van der Waals surface area contributed by atoms with Crippen LogP contribution >= 0.6 is 23.2 Å². The molecule has 0 saturated heterocycles. The number of hydrogen-bond acceptors (Lipinski definition) is 4. The largest absolute Gasteiger partial charge is 0.440 e. The van der Waals surface area contributed by atoms with Gasteiger partial charge in [-0.3, -0.25) is 4.90 Å². The van der Waals surface area contributed by atoms with Crippen LogP contribution in [-0.2, 0) is 4.74 Å². The van der Waals surface area contributed by atoms with Crippen molar-refractivity contribution in [3.05, 3.63) is 98.1 Å². The Kier molecular flexibility index (Phi) is 6.38. The maximum Gasteiger partial charge on any atom is 0.205 e. The smallest absolute Gasteiger partial charge is 0.205 e. The quantitative estimate of drug-likeness (QED) is 0.631. The van der Waals surface area contributed by atoms with Crippen LogP contribution in [0.15, 0.2) is 76.9 Å². The lowest BCUT2D eigenvalue weighted by Gasteiger charge is -2.38. The third-order valence-corrected chi connectivity index (χ3v) is 6.29.